The van der Waals surface area contributed by atoms with Crippen molar-refractivity contribution in [2.45, 2.75) is 11.4 Å². The number of rotatable bonds is 4. The summed E-state index contributed by atoms with van der Waals surface area (Å²) in [7, 11) is -3.68. The smallest absolute Gasteiger partial charge is 0.263 e. The Balaban J connectivity index is 2.43. The summed E-state index contributed by atoms with van der Waals surface area (Å²) in [5.74, 6) is 0. The van der Waals surface area contributed by atoms with E-state index in [1.165, 1.54) is 11.3 Å². The summed E-state index contributed by atoms with van der Waals surface area (Å²) >= 11 is 11.2. The van der Waals surface area contributed by atoms with E-state index in [2.05, 4.69) is 52.5 Å². The van der Waals surface area contributed by atoms with Gasteiger partial charge in [-0.15, -0.1) is 11.3 Å². The molecule has 0 unspecified atom stereocenters. The number of thiophene rings is 1. The van der Waals surface area contributed by atoms with E-state index in [0.717, 1.165) is 4.88 Å². The van der Waals surface area contributed by atoms with Crippen LogP contribution < -0.4 is 10.5 Å². The molecule has 0 fully saturated rings. The van der Waals surface area contributed by atoms with E-state index in [-0.39, 0.29) is 4.90 Å². The lowest BCUT2D eigenvalue weighted by Gasteiger charge is -2.10. The maximum Gasteiger partial charge on any atom is 0.263 e. The standard InChI is InChI=1S/C11H9Br3N2O2S2/c12-7-2-1-3-8(13)10(7)16-20(17,18)9-4-6(5-15)19-11(9)14/h1-4,16H,5,15H2. The Bertz CT molecular complexity index is 724. The molecule has 4 nitrogen and oxygen atoms in total. The summed E-state index contributed by atoms with van der Waals surface area (Å²) in [5.41, 5.74) is 5.99. The van der Waals surface area contributed by atoms with Gasteiger partial charge in [0.05, 0.1) is 9.47 Å². The zero-order valence-electron chi connectivity index (χ0n) is 9.86. The molecule has 0 atom stereocenters. The topological polar surface area (TPSA) is 72.2 Å². The van der Waals surface area contributed by atoms with E-state index in [1.807, 2.05) is 0 Å². The van der Waals surface area contributed by atoms with Crippen LogP contribution in [-0.4, -0.2) is 8.42 Å². The zero-order chi connectivity index (χ0) is 14.9. The summed E-state index contributed by atoms with van der Waals surface area (Å²) < 4.78 is 29.3. The highest BCUT2D eigenvalue weighted by Crippen LogP contribution is 2.36. The number of hydrogen-bond donors (Lipinski definition) is 2. The molecule has 0 aliphatic rings. The van der Waals surface area contributed by atoms with Crippen LogP contribution in [0.5, 0.6) is 0 Å². The van der Waals surface area contributed by atoms with E-state index in [1.54, 1.807) is 24.3 Å². The van der Waals surface area contributed by atoms with Gasteiger partial charge in [0.15, 0.2) is 0 Å². The highest BCUT2D eigenvalue weighted by molar-refractivity contribution is 9.11. The molecular formula is C11H9Br3N2O2S2. The van der Waals surface area contributed by atoms with Crippen LogP contribution in [0.4, 0.5) is 5.69 Å². The minimum atomic E-state index is -3.68. The average molecular weight is 505 g/mol. The summed E-state index contributed by atoms with van der Waals surface area (Å²) in [5, 5.41) is 0. The maximum atomic E-state index is 12.4. The molecular weight excluding hydrogens is 496 g/mol. The molecule has 108 valence electrons. The van der Waals surface area contributed by atoms with Crippen LogP contribution >= 0.6 is 59.1 Å². The van der Waals surface area contributed by atoms with Gasteiger partial charge < -0.3 is 5.73 Å². The second-order valence-electron chi connectivity index (χ2n) is 3.76. The van der Waals surface area contributed by atoms with Crippen molar-refractivity contribution in [3.05, 3.63) is 41.9 Å². The highest BCUT2D eigenvalue weighted by Gasteiger charge is 2.22. The molecule has 0 spiro atoms. The Morgan fingerprint density at radius 3 is 2.30 bits per heavy atom. The van der Waals surface area contributed by atoms with Crippen molar-refractivity contribution in [1.82, 2.24) is 0 Å². The van der Waals surface area contributed by atoms with Gasteiger partial charge in [-0.05, 0) is 66.0 Å². The quantitative estimate of drug-likeness (QED) is 0.652. The number of hydrogen-bond acceptors (Lipinski definition) is 4. The molecule has 1 aromatic heterocycles. The molecule has 0 bridgehead atoms. The van der Waals surface area contributed by atoms with Crippen molar-refractivity contribution < 1.29 is 8.42 Å². The Morgan fingerprint density at radius 1 is 1.20 bits per heavy atom. The molecule has 0 saturated carbocycles. The van der Waals surface area contributed by atoms with Crippen LogP contribution in [-0.2, 0) is 16.6 Å². The van der Waals surface area contributed by atoms with Crippen molar-refractivity contribution in [2.24, 2.45) is 5.73 Å². The Labute approximate surface area is 146 Å². The first-order chi connectivity index (χ1) is 9.35. The molecule has 9 heteroatoms. The molecule has 0 radical (unpaired) electrons. The first-order valence-corrected chi connectivity index (χ1v) is 9.98. The van der Waals surface area contributed by atoms with Gasteiger partial charge in [-0.25, -0.2) is 8.42 Å². The normalized spacial score (nSPS) is 11.6. The zero-order valence-corrected chi connectivity index (χ0v) is 16.3. The van der Waals surface area contributed by atoms with Crippen molar-refractivity contribution in [3.8, 4) is 0 Å². The molecule has 0 aliphatic carbocycles. The van der Waals surface area contributed by atoms with E-state index in [9.17, 15) is 8.42 Å². The van der Waals surface area contributed by atoms with Gasteiger partial charge in [-0.2, -0.15) is 0 Å². The summed E-state index contributed by atoms with van der Waals surface area (Å²) in [6.07, 6.45) is 0. The van der Waals surface area contributed by atoms with Crippen LogP contribution in [0.15, 0.2) is 41.9 Å². The molecule has 3 N–H and O–H groups in total. The lowest BCUT2D eigenvalue weighted by atomic mass is 10.3. The first kappa shape index (κ1) is 16.4. The van der Waals surface area contributed by atoms with Gasteiger partial charge in [-0.1, -0.05) is 6.07 Å². The third-order valence-corrected chi connectivity index (χ3v) is 7.34. The molecule has 0 amide bonds. The van der Waals surface area contributed by atoms with Gasteiger partial charge in [0.2, 0.25) is 0 Å². The van der Waals surface area contributed by atoms with Gasteiger partial charge >= 0.3 is 0 Å². The molecule has 20 heavy (non-hydrogen) atoms. The molecule has 2 rings (SSSR count). The second kappa shape index (κ2) is 6.45. The van der Waals surface area contributed by atoms with E-state index >= 15 is 0 Å². The number of sulfonamides is 1. The number of nitrogens with two attached hydrogens (primary N) is 1. The van der Waals surface area contributed by atoms with Crippen LogP contribution in [0.25, 0.3) is 0 Å². The van der Waals surface area contributed by atoms with Gasteiger partial charge in [0.25, 0.3) is 10.0 Å². The first-order valence-electron chi connectivity index (χ1n) is 5.30. The number of benzene rings is 1. The fourth-order valence-corrected chi connectivity index (χ4v) is 6.59. The van der Waals surface area contributed by atoms with Crippen LogP contribution in [0, 0.1) is 0 Å². The van der Waals surface area contributed by atoms with Crippen molar-refractivity contribution in [2.75, 3.05) is 4.72 Å². The summed E-state index contributed by atoms with van der Waals surface area (Å²) in [4.78, 5) is 0.981. The van der Waals surface area contributed by atoms with E-state index in [4.69, 9.17) is 5.73 Å². The number of para-hydroxylation sites is 1. The van der Waals surface area contributed by atoms with Crippen molar-refractivity contribution in [1.29, 1.82) is 0 Å². The van der Waals surface area contributed by atoms with Crippen LogP contribution in [0.2, 0.25) is 0 Å². The third kappa shape index (κ3) is 3.45. The lowest BCUT2D eigenvalue weighted by molar-refractivity contribution is 0.601. The predicted octanol–water partition coefficient (Wildman–Crippen LogP) is 4.30. The minimum absolute atomic E-state index is 0.186. The summed E-state index contributed by atoms with van der Waals surface area (Å²) in [6.45, 7) is 0.303. The Morgan fingerprint density at radius 2 is 1.80 bits per heavy atom. The fourth-order valence-electron chi connectivity index (χ4n) is 1.47. The second-order valence-corrected chi connectivity index (χ2v) is 9.57. The van der Waals surface area contributed by atoms with Crippen molar-refractivity contribution >= 4 is 74.8 Å². The van der Waals surface area contributed by atoms with Gasteiger partial charge in [-0.3, -0.25) is 4.72 Å². The molecule has 1 aromatic carbocycles. The Hall–Kier alpha value is 0.0700. The minimum Gasteiger partial charge on any atom is -0.326 e. The number of anilines is 1. The SMILES string of the molecule is NCc1cc(S(=O)(=O)Nc2c(Br)cccc2Br)c(Br)s1. The maximum absolute atomic E-state index is 12.4. The highest BCUT2D eigenvalue weighted by atomic mass is 79.9. The van der Waals surface area contributed by atoms with Gasteiger partial charge in [0, 0.05) is 20.4 Å². The van der Waals surface area contributed by atoms with E-state index in [0.29, 0.717) is 25.0 Å². The lowest BCUT2D eigenvalue weighted by Crippen LogP contribution is -2.13. The molecule has 0 aliphatic heterocycles. The average Bonchev–Trinajstić information content (AvgIpc) is 2.76. The Kier molecular flexibility index (Phi) is 5.30. The largest absolute Gasteiger partial charge is 0.326 e. The number of nitrogens with one attached hydrogen (secondary N) is 1. The third-order valence-electron chi connectivity index (χ3n) is 2.40. The van der Waals surface area contributed by atoms with Gasteiger partial charge in [0.1, 0.15) is 4.90 Å². The number of halogens is 3. The molecule has 0 saturated heterocycles. The molecule has 2 aromatic rings. The van der Waals surface area contributed by atoms with Crippen LogP contribution in [0.3, 0.4) is 0 Å². The molecule has 1 heterocycles. The van der Waals surface area contributed by atoms with Crippen LogP contribution in [0.1, 0.15) is 4.88 Å². The van der Waals surface area contributed by atoms with E-state index < -0.39 is 10.0 Å². The summed E-state index contributed by atoms with van der Waals surface area (Å²) in [6, 6.07) is 6.90. The monoisotopic (exact) mass is 502 g/mol. The fraction of sp³-hybridized carbons (Fsp3) is 0.0909. The predicted molar refractivity (Wildman–Crippen MR) is 92.6 cm³/mol. The van der Waals surface area contributed by atoms with Crippen molar-refractivity contribution in [3.63, 3.8) is 0 Å².